The minimum atomic E-state index is -1.18. The second-order valence-corrected chi connectivity index (χ2v) is 5.21. The van der Waals surface area contributed by atoms with Gasteiger partial charge in [-0.05, 0) is 26.7 Å². The molecule has 1 rings (SSSR count). The Labute approximate surface area is 102 Å². The highest BCUT2D eigenvalue weighted by Crippen LogP contribution is 2.19. The summed E-state index contributed by atoms with van der Waals surface area (Å²) >= 11 is 0. The van der Waals surface area contributed by atoms with Gasteiger partial charge in [0.15, 0.2) is 0 Å². The van der Waals surface area contributed by atoms with Crippen LogP contribution in [0.1, 0.15) is 46.0 Å². The maximum absolute atomic E-state index is 11.9. The molecule has 0 atom stereocenters. The third kappa shape index (κ3) is 3.35. The Kier molecular flexibility index (Phi) is 4.37. The molecule has 5 heteroatoms. The average molecular weight is 242 g/mol. The van der Waals surface area contributed by atoms with E-state index in [1.54, 1.807) is 0 Å². The molecule has 1 saturated carbocycles. The fourth-order valence-electron chi connectivity index (χ4n) is 1.92. The molecule has 0 heterocycles. The smallest absolute Gasteiger partial charge is 0.329 e. The van der Waals surface area contributed by atoms with E-state index in [0.29, 0.717) is 0 Å². The van der Waals surface area contributed by atoms with Crippen molar-refractivity contribution in [2.45, 2.75) is 57.5 Å². The highest BCUT2D eigenvalue weighted by molar-refractivity contribution is 5.85. The van der Waals surface area contributed by atoms with Crippen LogP contribution in [0.3, 0.4) is 0 Å². The van der Waals surface area contributed by atoms with E-state index in [-0.39, 0.29) is 12.1 Å². The first-order valence-electron chi connectivity index (χ1n) is 6.13. The Morgan fingerprint density at radius 1 is 1.24 bits per heavy atom. The van der Waals surface area contributed by atoms with E-state index in [4.69, 9.17) is 5.11 Å². The molecule has 1 aliphatic rings. The highest BCUT2D eigenvalue weighted by atomic mass is 16.4. The normalized spacial score (nSPS) is 17.6. The molecule has 0 aliphatic heterocycles. The number of likely N-dealkylation sites (N-methyl/N-ethyl adjacent to an activating group) is 1. The Hall–Kier alpha value is -1.26. The molecule has 5 nitrogen and oxygen atoms in total. The van der Waals surface area contributed by atoms with Crippen molar-refractivity contribution in [1.82, 2.24) is 10.2 Å². The van der Waals surface area contributed by atoms with Gasteiger partial charge in [0.05, 0.1) is 0 Å². The van der Waals surface area contributed by atoms with Crippen molar-refractivity contribution in [3.8, 4) is 0 Å². The van der Waals surface area contributed by atoms with Crippen LogP contribution in [0.4, 0.5) is 4.79 Å². The lowest BCUT2D eigenvalue weighted by Crippen LogP contribution is -2.55. The van der Waals surface area contributed by atoms with Crippen LogP contribution in [0.25, 0.3) is 0 Å². The van der Waals surface area contributed by atoms with Gasteiger partial charge in [0.1, 0.15) is 5.54 Å². The number of nitrogens with one attached hydrogen (secondary N) is 1. The third-order valence-corrected chi connectivity index (χ3v) is 3.60. The number of carbonyl (C=O) groups excluding carboxylic acids is 1. The number of nitrogens with zero attached hydrogens (tertiary/aromatic N) is 1. The molecule has 0 bridgehead atoms. The Bertz CT molecular complexity index is 296. The number of hydrogen-bond donors (Lipinski definition) is 2. The van der Waals surface area contributed by atoms with Crippen LogP contribution < -0.4 is 5.32 Å². The summed E-state index contributed by atoms with van der Waals surface area (Å²) in [5.74, 6) is -1.00. The first-order valence-corrected chi connectivity index (χ1v) is 6.13. The number of carbonyl (C=O) groups is 2. The number of rotatable bonds is 3. The summed E-state index contributed by atoms with van der Waals surface area (Å²) < 4.78 is 0. The van der Waals surface area contributed by atoms with Gasteiger partial charge >= 0.3 is 12.0 Å². The molecule has 0 spiro atoms. The maximum Gasteiger partial charge on any atom is 0.329 e. The maximum atomic E-state index is 11.9. The lowest BCUT2D eigenvalue weighted by Gasteiger charge is -2.33. The van der Waals surface area contributed by atoms with Gasteiger partial charge in [0.25, 0.3) is 0 Å². The Morgan fingerprint density at radius 3 is 2.24 bits per heavy atom. The second-order valence-electron chi connectivity index (χ2n) is 5.21. The van der Waals surface area contributed by atoms with Crippen molar-refractivity contribution >= 4 is 12.0 Å². The van der Waals surface area contributed by atoms with Crippen molar-refractivity contribution in [3.63, 3.8) is 0 Å². The number of amides is 2. The van der Waals surface area contributed by atoms with E-state index in [9.17, 15) is 9.59 Å². The van der Waals surface area contributed by atoms with Crippen LogP contribution in [-0.2, 0) is 4.79 Å². The number of urea groups is 1. The van der Waals surface area contributed by atoms with Crippen molar-refractivity contribution in [3.05, 3.63) is 0 Å². The molecule has 17 heavy (non-hydrogen) atoms. The SMILES string of the molecule is CN(C(=O)NC1CCCCC1)C(C)(C)C(=O)O. The summed E-state index contributed by atoms with van der Waals surface area (Å²) in [6.07, 6.45) is 5.48. The summed E-state index contributed by atoms with van der Waals surface area (Å²) in [6.45, 7) is 3.05. The van der Waals surface area contributed by atoms with Crippen LogP contribution in [0.2, 0.25) is 0 Å². The molecule has 0 unspecified atom stereocenters. The lowest BCUT2D eigenvalue weighted by molar-refractivity contribution is -0.146. The summed E-state index contributed by atoms with van der Waals surface area (Å²) in [5, 5.41) is 11.9. The highest BCUT2D eigenvalue weighted by Gasteiger charge is 2.35. The largest absolute Gasteiger partial charge is 0.480 e. The van der Waals surface area contributed by atoms with E-state index in [2.05, 4.69) is 5.32 Å². The van der Waals surface area contributed by atoms with Gasteiger partial charge in [-0.25, -0.2) is 9.59 Å². The van der Waals surface area contributed by atoms with E-state index >= 15 is 0 Å². The van der Waals surface area contributed by atoms with E-state index in [1.807, 2.05) is 0 Å². The summed E-state index contributed by atoms with van der Waals surface area (Å²) in [4.78, 5) is 24.2. The second kappa shape index (κ2) is 5.38. The van der Waals surface area contributed by atoms with Gasteiger partial charge in [-0.2, -0.15) is 0 Å². The zero-order valence-corrected chi connectivity index (χ0v) is 10.8. The Morgan fingerprint density at radius 2 is 1.76 bits per heavy atom. The van der Waals surface area contributed by atoms with E-state index < -0.39 is 11.5 Å². The molecule has 0 aromatic rings. The minimum Gasteiger partial charge on any atom is -0.480 e. The first kappa shape index (κ1) is 13.8. The van der Waals surface area contributed by atoms with Crippen LogP contribution in [0, 0.1) is 0 Å². The van der Waals surface area contributed by atoms with Crippen molar-refractivity contribution in [2.24, 2.45) is 0 Å². The number of carboxylic acids is 1. The average Bonchev–Trinajstić information content (AvgIpc) is 2.29. The van der Waals surface area contributed by atoms with Crippen molar-refractivity contribution in [2.75, 3.05) is 7.05 Å². The van der Waals surface area contributed by atoms with Gasteiger partial charge < -0.3 is 15.3 Å². The summed E-state index contributed by atoms with van der Waals surface area (Å²) in [6, 6.07) is -0.104. The predicted molar refractivity (Wildman–Crippen MR) is 64.9 cm³/mol. The fraction of sp³-hybridized carbons (Fsp3) is 0.833. The Balaban J connectivity index is 2.54. The van der Waals surface area contributed by atoms with Gasteiger partial charge in [-0.3, -0.25) is 0 Å². The van der Waals surface area contributed by atoms with Crippen LogP contribution in [0.5, 0.6) is 0 Å². The first-order chi connectivity index (χ1) is 7.85. The standard InChI is InChI=1S/C12H22N2O3/c1-12(2,10(15)16)14(3)11(17)13-9-7-5-4-6-8-9/h9H,4-8H2,1-3H3,(H,13,17)(H,15,16). The molecular formula is C12H22N2O3. The monoisotopic (exact) mass is 242 g/mol. The molecule has 2 N–H and O–H groups in total. The molecule has 2 amide bonds. The zero-order chi connectivity index (χ0) is 13.1. The molecule has 0 aromatic heterocycles. The fourth-order valence-corrected chi connectivity index (χ4v) is 1.92. The quantitative estimate of drug-likeness (QED) is 0.793. The van der Waals surface area contributed by atoms with Crippen molar-refractivity contribution < 1.29 is 14.7 Å². The number of carboxylic acid groups (broad SMARTS) is 1. The molecule has 0 radical (unpaired) electrons. The molecule has 0 aromatic carbocycles. The molecule has 1 aliphatic carbocycles. The van der Waals surface area contributed by atoms with Crippen LogP contribution in [-0.4, -0.2) is 40.6 Å². The van der Waals surface area contributed by atoms with Crippen LogP contribution >= 0.6 is 0 Å². The van der Waals surface area contributed by atoms with Gasteiger partial charge in [0, 0.05) is 13.1 Å². The topological polar surface area (TPSA) is 69.6 Å². The zero-order valence-electron chi connectivity index (χ0n) is 10.8. The predicted octanol–water partition coefficient (Wildman–Crippen LogP) is 1.82. The molecular weight excluding hydrogens is 220 g/mol. The molecule has 0 saturated heterocycles. The molecule has 1 fully saturated rings. The third-order valence-electron chi connectivity index (χ3n) is 3.60. The number of aliphatic carboxylic acids is 1. The van der Waals surface area contributed by atoms with E-state index in [0.717, 1.165) is 25.7 Å². The van der Waals surface area contributed by atoms with E-state index in [1.165, 1.54) is 32.2 Å². The van der Waals surface area contributed by atoms with Gasteiger partial charge in [0.2, 0.25) is 0 Å². The van der Waals surface area contributed by atoms with Gasteiger partial charge in [-0.1, -0.05) is 19.3 Å². The summed E-state index contributed by atoms with van der Waals surface area (Å²) in [7, 11) is 1.52. The van der Waals surface area contributed by atoms with Crippen LogP contribution in [0.15, 0.2) is 0 Å². The molecule has 98 valence electrons. The van der Waals surface area contributed by atoms with Crippen molar-refractivity contribution in [1.29, 1.82) is 0 Å². The minimum absolute atomic E-state index is 0.197. The summed E-state index contributed by atoms with van der Waals surface area (Å²) in [5.41, 5.74) is -1.18. The lowest BCUT2D eigenvalue weighted by atomic mass is 9.95. The van der Waals surface area contributed by atoms with Gasteiger partial charge in [-0.15, -0.1) is 0 Å². The number of hydrogen-bond acceptors (Lipinski definition) is 2.